The van der Waals surface area contributed by atoms with Gasteiger partial charge in [-0.1, -0.05) is 87.3 Å². The zero-order chi connectivity index (χ0) is 22.1. The highest BCUT2D eigenvalue weighted by Crippen LogP contribution is 2.34. The van der Waals surface area contributed by atoms with E-state index in [0.29, 0.717) is 22.2 Å². The molecule has 2 heterocycles. The van der Waals surface area contributed by atoms with Gasteiger partial charge >= 0.3 is 0 Å². The van der Waals surface area contributed by atoms with Crippen LogP contribution in [0.25, 0.3) is 0 Å². The molecule has 0 unspecified atom stereocenters. The number of benzene rings is 3. The zero-order valence-electron chi connectivity index (χ0n) is 16.6. The maximum Gasteiger partial charge on any atom is 0.212 e. The number of fused-ring (bicyclic) bond motifs is 1. The van der Waals surface area contributed by atoms with Gasteiger partial charge in [-0.15, -0.1) is 10.2 Å². The van der Waals surface area contributed by atoms with Crippen molar-refractivity contribution >= 4 is 68.0 Å². The second kappa shape index (κ2) is 9.27. The molecule has 9 heteroatoms. The van der Waals surface area contributed by atoms with Crippen molar-refractivity contribution in [3.05, 3.63) is 98.2 Å². The van der Waals surface area contributed by atoms with Crippen LogP contribution in [0, 0.1) is 0 Å². The van der Waals surface area contributed by atoms with Gasteiger partial charge in [0.2, 0.25) is 5.16 Å². The van der Waals surface area contributed by atoms with E-state index in [9.17, 15) is 0 Å². The van der Waals surface area contributed by atoms with Crippen LogP contribution in [0.4, 0.5) is 11.4 Å². The molecule has 0 saturated carbocycles. The molecule has 0 aliphatic carbocycles. The third kappa shape index (κ3) is 4.43. The summed E-state index contributed by atoms with van der Waals surface area (Å²) < 4.78 is 2.86. The van der Waals surface area contributed by atoms with E-state index >= 15 is 0 Å². The predicted octanol–water partition coefficient (Wildman–Crippen LogP) is 7.04. The maximum atomic E-state index is 6.36. The van der Waals surface area contributed by atoms with Gasteiger partial charge < -0.3 is 5.32 Å². The standard InChI is InChI=1S/C23H16BrCl2N5S/c24-16-7-3-6-14(11-16)20-13-32-23-29-28-21(31(23)30-20)12-15-5-1-2-10-19(15)27-22-17(25)8-4-9-18(22)26/h1-11,27H,12-13H2. The molecular formula is C23H16BrCl2N5S. The molecule has 1 aromatic heterocycles. The topological polar surface area (TPSA) is 55.1 Å². The summed E-state index contributed by atoms with van der Waals surface area (Å²) in [4.78, 5) is 0. The lowest BCUT2D eigenvalue weighted by Crippen LogP contribution is -2.15. The van der Waals surface area contributed by atoms with Crippen LogP contribution in [0.5, 0.6) is 0 Å². The minimum atomic E-state index is 0.550. The van der Waals surface area contributed by atoms with Crippen LogP contribution in [-0.4, -0.2) is 26.3 Å². The van der Waals surface area contributed by atoms with Gasteiger partial charge in [0.15, 0.2) is 5.82 Å². The molecule has 32 heavy (non-hydrogen) atoms. The van der Waals surface area contributed by atoms with Crippen LogP contribution in [0.15, 0.2) is 81.5 Å². The average molecular weight is 545 g/mol. The van der Waals surface area contributed by atoms with Gasteiger partial charge in [0, 0.05) is 22.3 Å². The lowest BCUT2D eigenvalue weighted by molar-refractivity contribution is 0.720. The van der Waals surface area contributed by atoms with Crippen molar-refractivity contribution in [2.75, 3.05) is 11.1 Å². The average Bonchev–Trinajstić information content (AvgIpc) is 3.19. The molecule has 3 aromatic carbocycles. The molecule has 0 fully saturated rings. The lowest BCUT2D eigenvalue weighted by Gasteiger charge is -2.16. The smallest absolute Gasteiger partial charge is 0.212 e. The molecule has 5 nitrogen and oxygen atoms in total. The van der Waals surface area contributed by atoms with Crippen molar-refractivity contribution in [2.45, 2.75) is 11.6 Å². The third-order valence-electron chi connectivity index (χ3n) is 4.98. The Morgan fingerprint density at radius 2 is 1.75 bits per heavy atom. The summed E-state index contributed by atoms with van der Waals surface area (Å²) in [5.74, 6) is 1.51. The Bertz CT molecular complexity index is 1320. The number of aromatic nitrogens is 3. The largest absolute Gasteiger partial charge is 0.353 e. The Morgan fingerprint density at radius 3 is 2.56 bits per heavy atom. The van der Waals surface area contributed by atoms with Gasteiger partial charge in [-0.2, -0.15) is 9.78 Å². The fraction of sp³-hybridized carbons (Fsp3) is 0.0870. The summed E-state index contributed by atoms with van der Waals surface area (Å²) >= 11 is 17.9. The number of para-hydroxylation sites is 2. The highest BCUT2D eigenvalue weighted by molar-refractivity contribution is 9.10. The Kier molecular flexibility index (Phi) is 6.24. The first-order valence-corrected chi connectivity index (χ1v) is 12.3. The van der Waals surface area contributed by atoms with E-state index in [1.807, 2.05) is 59.3 Å². The van der Waals surface area contributed by atoms with Crippen LogP contribution in [-0.2, 0) is 6.42 Å². The molecule has 1 aliphatic rings. The Labute approximate surface area is 208 Å². The first kappa shape index (κ1) is 21.5. The van der Waals surface area contributed by atoms with E-state index in [0.717, 1.165) is 43.7 Å². The van der Waals surface area contributed by atoms with E-state index in [1.165, 1.54) is 0 Å². The zero-order valence-corrected chi connectivity index (χ0v) is 20.5. The van der Waals surface area contributed by atoms with Crippen molar-refractivity contribution in [2.24, 2.45) is 5.10 Å². The molecule has 0 amide bonds. The summed E-state index contributed by atoms with van der Waals surface area (Å²) in [7, 11) is 0. The fourth-order valence-electron chi connectivity index (χ4n) is 3.41. The number of thioether (sulfide) groups is 1. The number of nitrogens with zero attached hydrogens (tertiary/aromatic N) is 4. The second-order valence-corrected chi connectivity index (χ2v) is 9.78. The van der Waals surface area contributed by atoms with Crippen LogP contribution in [0.1, 0.15) is 17.0 Å². The van der Waals surface area contributed by atoms with Crippen molar-refractivity contribution in [1.29, 1.82) is 0 Å². The molecule has 0 spiro atoms. The van der Waals surface area contributed by atoms with Gasteiger partial charge in [0.05, 0.1) is 21.4 Å². The number of nitrogens with one attached hydrogen (secondary N) is 1. The number of halogens is 3. The van der Waals surface area contributed by atoms with E-state index in [1.54, 1.807) is 11.8 Å². The van der Waals surface area contributed by atoms with Crippen molar-refractivity contribution in [3.63, 3.8) is 0 Å². The molecule has 0 atom stereocenters. The number of rotatable bonds is 5. The Hall–Kier alpha value is -2.32. The fourth-order valence-corrected chi connectivity index (χ4v) is 5.15. The molecular weight excluding hydrogens is 529 g/mol. The van der Waals surface area contributed by atoms with E-state index < -0.39 is 0 Å². The van der Waals surface area contributed by atoms with E-state index in [-0.39, 0.29) is 0 Å². The minimum Gasteiger partial charge on any atom is -0.353 e. The van der Waals surface area contributed by atoms with Crippen LogP contribution in [0.2, 0.25) is 10.0 Å². The normalized spacial score (nSPS) is 12.9. The molecule has 0 radical (unpaired) electrons. The molecule has 1 N–H and O–H groups in total. The van der Waals surface area contributed by atoms with Crippen LogP contribution in [0.3, 0.4) is 0 Å². The minimum absolute atomic E-state index is 0.550. The quantitative estimate of drug-likeness (QED) is 0.293. The monoisotopic (exact) mass is 543 g/mol. The number of anilines is 2. The molecule has 0 bridgehead atoms. The Morgan fingerprint density at radius 1 is 0.969 bits per heavy atom. The summed E-state index contributed by atoms with van der Waals surface area (Å²) in [6.45, 7) is 0. The van der Waals surface area contributed by atoms with Crippen molar-refractivity contribution in [1.82, 2.24) is 14.9 Å². The van der Waals surface area contributed by atoms with Gasteiger partial charge in [0.25, 0.3) is 0 Å². The van der Waals surface area contributed by atoms with Crippen LogP contribution >= 0.6 is 50.9 Å². The maximum absolute atomic E-state index is 6.36. The summed E-state index contributed by atoms with van der Waals surface area (Å²) in [5.41, 5.74) is 4.68. The van der Waals surface area contributed by atoms with Crippen LogP contribution < -0.4 is 5.32 Å². The van der Waals surface area contributed by atoms with E-state index in [4.69, 9.17) is 28.3 Å². The first-order chi connectivity index (χ1) is 15.6. The lowest BCUT2D eigenvalue weighted by atomic mass is 10.1. The summed E-state index contributed by atoms with van der Waals surface area (Å²) in [5, 5.41) is 18.9. The molecule has 160 valence electrons. The molecule has 5 rings (SSSR count). The highest BCUT2D eigenvalue weighted by atomic mass is 79.9. The second-order valence-electron chi connectivity index (χ2n) is 7.11. The van der Waals surface area contributed by atoms with E-state index in [2.05, 4.69) is 43.6 Å². The van der Waals surface area contributed by atoms with Gasteiger partial charge in [0.1, 0.15) is 0 Å². The summed E-state index contributed by atoms with van der Waals surface area (Å²) in [6, 6.07) is 21.6. The highest BCUT2D eigenvalue weighted by Gasteiger charge is 2.21. The molecule has 4 aromatic rings. The number of hydrogen-bond acceptors (Lipinski definition) is 5. The Balaban J connectivity index is 1.47. The predicted molar refractivity (Wildman–Crippen MR) is 136 cm³/mol. The molecule has 1 aliphatic heterocycles. The van der Waals surface area contributed by atoms with Crippen molar-refractivity contribution in [3.8, 4) is 0 Å². The van der Waals surface area contributed by atoms with Gasteiger partial charge in [-0.05, 0) is 41.5 Å². The molecule has 0 saturated heterocycles. The van der Waals surface area contributed by atoms with Gasteiger partial charge in [-0.3, -0.25) is 0 Å². The summed E-state index contributed by atoms with van der Waals surface area (Å²) in [6.07, 6.45) is 0.550. The number of hydrogen-bond donors (Lipinski definition) is 1. The van der Waals surface area contributed by atoms with Gasteiger partial charge in [-0.25, -0.2) is 0 Å². The van der Waals surface area contributed by atoms with Crippen molar-refractivity contribution < 1.29 is 0 Å². The third-order valence-corrected chi connectivity index (χ3v) is 7.04. The SMILES string of the molecule is Clc1cccc(Cl)c1Nc1ccccc1Cc1nnc2n1N=C(c1cccc(Br)c1)CS2. The first-order valence-electron chi connectivity index (χ1n) is 9.78.